The van der Waals surface area contributed by atoms with E-state index in [9.17, 15) is 9.18 Å². The zero-order valence-corrected chi connectivity index (χ0v) is 20.0. The number of hydrogen-bond acceptors (Lipinski definition) is 5. The molecular formula is C25H19ClFN3OS2. The molecule has 0 atom stereocenters. The topological polar surface area (TPSA) is 54.9 Å². The van der Waals surface area contributed by atoms with Crippen LogP contribution in [-0.4, -0.2) is 15.9 Å². The highest BCUT2D eigenvalue weighted by atomic mass is 35.5. The summed E-state index contributed by atoms with van der Waals surface area (Å²) in [5.74, 6) is -0.383. The van der Waals surface area contributed by atoms with E-state index in [-0.39, 0.29) is 11.4 Å². The molecule has 0 fully saturated rings. The molecule has 1 aromatic heterocycles. The molecule has 33 heavy (non-hydrogen) atoms. The summed E-state index contributed by atoms with van der Waals surface area (Å²) in [6.45, 7) is 2.01. The molecule has 0 radical (unpaired) electrons. The van der Waals surface area contributed by atoms with E-state index in [0.29, 0.717) is 20.8 Å². The second-order valence-electron chi connectivity index (χ2n) is 7.13. The minimum absolute atomic E-state index is 0.0998. The van der Waals surface area contributed by atoms with Crippen LogP contribution in [0.2, 0.25) is 5.02 Å². The Morgan fingerprint density at radius 2 is 1.76 bits per heavy atom. The molecule has 1 heterocycles. The van der Waals surface area contributed by atoms with Crippen LogP contribution in [0.4, 0.5) is 10.1 Å². The van der Waals surface area contributed by atoms with E-state index in [1.807, 2.05) is 55.5 Å². The lowest BCUT2D eigenvalue weighted by molar-refractivity contribution is 0.101. The van der Waals surface area contributed by atoms with Crippen molar-refractivity contribution in [2.75, 3.05) is 5.32 Å². The quantitative estimate of drug-likeness (QED) is 0.216. The number of halogens is 2. The van der Waals surface area contributed by atoms with Gasteiger partial charge in [0, 0.05) is 21.9 Å². The number of carbonyl (C=O) groups is 1. The number of aromatic nitrogens is 2. The maximum atomic E-state index is 14.1. The highest BCUT2D eigenvalue weighted by molar-refractivity contribution is 7.99. The van der Waals surface area contributed by atoms with E-state index >= 15 is 0 Å². The first-order chi connectivity index (χ1) is 16.0. The van der Waals surface area contributed by atoms with Gasteiger partial charge in [-0.3, -0.25) is 4.79 Å². The van der Waals surface area contributed by atoms with Crippen LogP contribution < -0.4 is 5.32 Å². The summed E-state index contributed by atoms with van der Waals surface area (Å²) in [7, 11) is 0. The summed E-state index contributed by atoms with van der Waals surface area (Å²) < 4.78 is 14.1. The number of nitrogens with one attached hydrogen (secondary N) is 1. The van der Waals surface area contributed by atoms with Gasteiger partial charge in [0.15, 0.2) is 5.16 Å². The Kier molecular flexibility index (Phi) is 7.65. The number of thioether (sulfide) groups is 1. The van der Waals surface area contributed by atoms with Crippen molar-refractivity contribution < 1.29 is 9.18 Å². The van der Waals surface area contributed by atoms with Gasteiger partial charge in [0.2, 0.25) is 0 Å². The Bertz CT molecular complexity index is 1270. The third-order valence-corrected chi connectivity index (χ3v) is 6.81. The van der Waals surface area contributed by atoms with Crippen LogP contribution in [0.1, 0.15) is 21.6 Å². The normalized spacial score (nSPS) is 10.8. The summed E-state index contributed by atoms with van der Waals surface area (Å²) in [6, 6.07) is 21.5. The number of para-hydroxylation sites is 1. The zero-order valence-electron chi connectivity index (χ0n) is 17.6. The Balaban J connectivity index is 1.60. The van der Waals surface area contributed by atoms with E-state index in [2.05, 4.69) is 15.3 Å². The molecule has 3 aromatic carbocycles. The minimum Gasteiger partial charge on any atom is -0.318 e. The standard InChI is InChI=1S/C25H19ClFN3OS2/c1-16-6-12-19(13-7-16)33-22-14-28-25(32-15-17-8-10-18(26)11-9-17)30-23(22)24(31)29-21-5-3-2-4-20(21)27/h2-14H,15H2,1H3,(H,29,31). The van der Waals surface area contributed by atoms with E-state index in [1.165, 1.54) is 35.7 Å². The lowest BCUT2D eigenvalue weighted by Crippen LogP contribution is -2.16. The molecule has 4 rings (SSSR count). The van der Waals surface area contributed by atoms with Crippen LogP contribution in [0.15, 0.2) is 93.9 Å². The Hall–Kier alpha value is -2.87. The maximum Gasteiger partial charge on any atom is 0.275 e. The average molecular weight is 496 g/mol. The van der Waals surface area contributed by atoms with Crippen molar-refractivity contribution in [3.63, 3.8) is 0 Å². The SMILES string of the molecule is Cc1ccc(Sc2cnc(SCc3ccc(Cl)cc3)nc2C(=O)Nc2ccccc2F)cc1. The minimum atomic E-state index is -0.509. The lowest BCUT2D eigenvalue weighted by Gasteiger charge is -2.11. The fourth-order valence-electron chi connectivity index (χ4n) is 2.87. The van der Waals surface area contributed by atoms with Gasteiger partial charge in [0.05, 0.1) is 10.6 Å². The Morgan fingerprint density at radius 1 is 1.03 bits per heavy atom. The number of anilines is 1. The summed E-state index contributed by atoms with van der Waals surface area (Å²) in [4.78, 5) is 23.6. The van der Waals surface area contributed by atoms with Crippen LogP contribution in [0, 0.1) is 12.7 Å². The molecule has 0 aliphatic rings. The van der Waals surface area contributed by atoms with Crippen molar-refractivity contribution in [2.24, 2.45) is 0 Å². The summed E-state index contributed by atoms with van der Waals surface area (Å²) in [5.41, 5.74) is 2.49. The molecule has 0 bridgehead atoms. The van der Waals surface area contributed by atoms with Crippen molar-refractivity contribution in [1.29, 1.82) is 0 Å². The number of nitrogens with zero attached hydrogens (tertiary/aromatic N) is 2. The molecule has 4 nitrogen and oxygen atoms in total. The number of benzene rings is 3. The molecule has 0 spiro atoms. The molecule has 0 saturated carbocycles. The van der Waals surface area contributed by atoms with Gasteiger partial charge in [-0.2, -0.15) is 0 Å². The molecule has 1 N–H and O–H groups in total. The van der Waals surface area contributed by atoms with E-state index in [4.69, 9.17) is 11.6 Å². The van der Waals surface area contributed by atoms with Crippen LogP contribution in [0.25, 0.3) is 0 Å². The summed E-state index contributed by atoms with van der Waals surface area (Å²) in [5, 5.41) is 3.75. The molecule has 166 valence electrons. The van der Waals surface area contributed by atoms with Crippen molar-refractivity contribution in [1.82, 2.24) is 9.97 Å². The van der Waals surface area contributed by atoms with Crippen molar-refractivity contribution in [2.45, 2.75) is 27.6 Å². The number of rotatable bonds is 7. The van der Waals surface area contributed by atoms with Gasteiger partial charge in [-0.15, -0.1) is 0 Å². The molecule has 0 unspecified atom stereocenters. The second kappa shape index (κ2) is 10.8. The molecule has 1 amide bonds. The van der Waals surface area contributed by atoms with E-state index in [1.54, 1.807) is 18.3 Å². The highest BCUT2D eigenvalue weighted by Crippen LogP contribution is 2.32. The fraction of sp³-hybridized carbons (Fsp3) is 0.0800. The van der Waals surface area contributed by atoms with Crippen LogP contribution in [-0.2, 0) is 5.75 Å². The highest BCUT2D eigenvalue weighted by Gasteiger charge is 2.18. The molecule has 0 aliphatic heterocycles. The van der Waals surface area contributed by atoms with Gasteiger partial charge < -0.3 is 5.32 Å². The smallest absolute Gasteiger partial charge is 0.275 e. The van der Waals surface area contributed by atoms with Gasteiger partial charge in [0.25, 0.3) is 5.91 Å². The zero-order chi connectivity index (χ0) is 23.2. The predicted molar refractivity (Wildman–Crippen MR) is 133 cm³/mol. The number of carbonyl (C=O) groups excluding carboxylic acids is 1. The first kappa shape index (κ1) is 23.3. The van der Waals surface area contributed by atoms with Crippen LogP contribution in [0.5, 0.6) is 0 Å². The summed E-state index contributed by atoms with van der Waals surface area (Å²) >= 11 is 8.75. The van der Waals surface area contributed by atoms with Crippen LogP contribution in [0.3, 0.4) is 0 Å². The molecular weight excluding hydrogens is 477 g/mol. The van der Waals surface area contributed by atoms with Gasteiger partial charge in [-0.05, 0) is 48.9 Å². The number of aryl methyl sites for hydroxylation is 1. The molecule has 4 aromatic rings. The Labute approximate surface area is 205 Å². The van der Waals surface area contributed by atoms with E-state index in [0.717, 1.165) is 16.0 Å². The Morgan fingerprint density at radius 3 is 2.48 bits per heavy atom. The first-order valence-corrected chi connectivity index (χ1v) is 12.2. The van der Waals surface area contributed by atoms with E-state index < -0.39 is 11.7 Å². The van der Waals surface area contributed by atoms with Crippen molar-refractivity contribution >= 4 is 46.7 Å². The third-order valence-electron chi connectivity index (χ3n) is 4.60. The monoisotopic (exact) mass is 495 g/mol. The van der Waals surface area contributed by atoms with Crippen LogP contribution >= 0.6 is 35.1 Å². The fourth-order valence-corrected chi connectivity index (χ4v) is 4.63. The lowest BCUT2D eigenvalue weighted by atomic mass is 10.2. The second-order valence-corrected chi connectivity index (χ2v) is 9.62. The van der Waals surface area contributed by atoms with Gasteiger partial charge in [0.1, 0.15) is 11.5 Å². The number of amides is 1. The van der Waals surface area contributed by atoms with Gasteiger partial charge in [-0.25, -0.2) is 14.4 Å². The average Bonchev–Trinajstić information content (AvgIpc) is 2.82. The summed E-state index contributed by atoms with van der Waals surface area (Å²) in [6.07, 6.45) is 1.64. The first-order valence-electron chi connectivity index (χ1n) is 10.0. The van der Waals surface area contributed by atoms with Crippen molar-refractivity contribution in [3.8, 4) is 0 Å². The van der Waals surface area contributed by atoms with Gasteiger partial charge in [-0.1, -0.05) is 77.1 Å². The largest absolute Gasteiger partial charge is 0.318 e. The molecule has 8 heteroatoms. The van der Waals surface area contributed by atoms with Gasteiger partial charge >= 0.3 is 0 Å². The molecule has 0 aliphatic carbocycles. The predicted octanol–water partition coefficient (Wildman–Crippen LogP) is 7.27. The molecule has 0 saturated heterocycles. The third kappa shape index (κ3) is 6.35. The maximum absolute atomic E-state index is 14.1. The number of hydrogen-bond donors (Lipinski definition) is 1. The van der Waals surface area contributed by atoms with Crippen molar-refractivity contribution in [3.05, 3.63) is 107 Å².